The lowest BCUT2D eigenvalue weighted by Gasteiger charge is -2.36. The molecule has 0 aliphatic carbocycles. The molecular weight excluding hydrogens is 325 g/mol. The smallest absolute Gasteiger partial charge is 0.274 e. The number of hydrogen-bond donors (Lipinski definition) is 1. The number of hydrogen-bond acceptors (Lipinski definition) is 4. The second-order valence-corrected chi connectivity index (χ2v) is 7.75. The number of thiazole rings is 1. The zero-order chi connectivity index (χ0) is 16.7. The van der Waals surface area contributed by atoms with E-state index < -0.39 is 0 Å². The molecule has 2 aromatic rings. The number of fused-ring (bicyclic) bond motifs is 1. The average molecular weight is 345 g/mol. The van der Waals surface area contributed by atoms with E-state index in [0.717, 1.165) is 41.5 Å². The van der Waals surface area contributed by atoms with E-state index in [1.165, 1.54) is 29.9 Å². The van der Waals surface area contributed by atoms with Crippen molar-refractivity contribution < 1.29 is 9.18 Å². The van der Waals surface area contributed by atoms with Gasteiger partial charge in [0.1, 0.15) is 11.5 Å². The van der Waals surface area contributed by atoms with E-state index in [4.69, 9.17) is 0 Å². The normalized spacial score (nSPS) is 23.3. The van der Waals surface area contributed by atoms with Gasteiger partial charge in [-0.2, -0.15) is 0 Å². The first kappa shape index (κ1) is 15.7. The molecule has 6 heteroatoms. The molecule has 2 unspecified atom stereocenters. The van der Waals surface area contributed by atoms with Crippen LogP contribution in [0, 0.1) is 18.7 Å². The predicted molar refractivity (Wildman–Crippen MR) is 92.7 cm³/mol. The highest BCUT2D eigenvalue weighted by Crippen LogP contribution is 2.34. The lowest BCUT2D eigenvalue weighted by Crippen LogP contribution is -2.48. The Morgan fingerprint density at radius 1 is 1.33 bits per heavy atom. The monoisotopic (exact) mass is 345 g/mol. The number of halogens is 1. The van der Waals surface area contributed by atoms with Crippen molar-refractivity contribution in [1.29, 1.82) is 0 Å². The first-order chi connectivity index (χ1) is 11.6. The largest absolute Gasteiger partial charge is 0.333 e. The minimum Gasteiger partial charge on any atom is -0.333 e. The van der Waals surface area contributed by atoms with Gasteiger partial charge >= 0.3 is 0 Å². The molecule has 4 rings (SSSR count). The summed E-state index contributed by atoms with van der Waals surface area (Å²) >= 11 is 1.49. The van der Waals surface area contributed by atoms with Gasteiger partial charge in [-0.3, -0.25) is 4.79 Å². The SMILES string of the molecule is Cc1nc(C(=O)N2CCCC3CNCC32)c(-c2ccc(F)cc2)s1. The molecule has 0 radical (unpaired) electrons. The molecule has 1 amide bonds. The van der Waals surface area contributed by atoms with Crippen molar-refractivity contribution in [3.05, 3.63) is 40.8 Å². The number of piperidine rings is 1. The summed E-state index contributed by atoms with van der Waals surface area (Å²) in [6.45, 7) is 4.56. The van der Waals surface area contributed by atoms with E-state index in [1.807, 2.05) is 11.8 Å². The standard InChI is InChI=1S/C18H20FN3OS/c1-11-21-16(17(24-11)12-4-6-14(19)7-5-12)18(23)22-8-2-3-13-9-20-10-15(13)22/h4-7,13,15,20H,2-3,8-10H2,1H3. The van der Waals surface area contributed by atoms with Crippen LogP contribution in [0.25, 0.3) is 10.4 Å². The van der Waals surface area contributed by atoms with Crippen LogP contribution < -0.4 is 5.32 Å². The predicted octanol–water partition coefficient (Wildman–Crippen LogP) is 3.08. The van der Waals surface area contributed by atoms with Crippen molar-refractivity contribution in [2.24, 2.45) is 5.92 Å². The van der Waals surface area contributed by atoms with Gasteiger partial charge in [0.15, 0.2) is 0 Å². The number of nitrogens with one attached hydrogen (secondary N) is 1. The molecule has 3 heterocycles. The molecule has 2 atom stereocenters. The van der Waals surface area contributed by atoms with Crippen LogP contribution in [0.15, 0.2) is 24.3 Å². The summed E-state index contributed by atoms with van der Waals surface area (Å²) in [6.07, 6.45) is 2.23. The average Bonchev–Trinajstić information content (AvgIpc) is 3.21. The number of benzene rings is 1. The number of aryl methyl sites for hydroxylation is 1. The molecule has 24 heavy (non-hydrogen) atoms. The zero-order valence-corrected chi connectivity index (χ0v) is 14.4. The highest BCUT2D eigenvalue weighted by atomic mass is 32.1. The van der Waals surface area contributed by atoms with Crippen molar-refractivity contribution in [3.63, 3.8) is 0 Å². The van der Waals surface area contributed by atoms with Crippen molar-refractivity contribution in [2.75, 3.05) is 19.6 Å². The summed E-state index contributed by atoms with van der Waals surface area (Å²) < 4.78 is 13.2. The molecule has 2 aliphatic rings. The highest BCUT2D eigenvalue weighted by molar-refractivity contribution is 7.15. The summed E-state index contributed by atoms with van der Waals surface area (Å²) in [7, 11) is 0. The number of rotatable bonds is 2. The fourth-order valence-electron chi connectivity index (χ4n) is 3.83. The van der Waals surface area contributed by atoms with E-state index in [1.54, 1.807) is 12.1 Å². The van der Waals surface area contributed by atoms with E-state index in [9.17, 15) is 9.18 Å². The molecule has 2 saturated heterocycles. The van der Waals surface area contributed by atoms with Crippen molar-refractivity contribution >= 4 is 17.2 Å². The summed E-state index contributed by atoms with van der Waals surface area (Å²) in [5.74, 6) is 0.289. The van der Waals surface area contributed by atoms with Crippen LogP contribution in [0.1, 0.15) is 28.3 Å². The van der Waals surface area contributed by atoms with E-state index in [2.05, 4.69) is 10.3 Å². The second kappa shape index (κ2) is 6.26. The van der Waals surface area contributed by atoms with Gasteiger partial charge in [-0.05, 0) is 43.4 Å². The quantitative estimate of drug-likeness (QED) is 0.910. The Kier molecular flexibility index (Phi) is 4.10. The Morgan fingerprint density at radius 2 is 2.12 bits per heavy atom. The Hall–Kier alpha value is -1.79. The molecule has 4 nitrogen and oxygen atoms in total. The van der Waals surface area contributed by atoms with Gasteiger partial charge in [0.2, 0.25) is 0 Å². The third-order valence-corrected chi connectivity index (χ3v) is 6.00. The molecule has 126 valence electrons. The van der Waals surface area contributed by atoms with Crippen LogP contribution in [0.4, 0.5) is 4.39 Å². The molecule has 2 fully saturated rings. The number of amides is 1. The Morgan fingerprint density at radius 3 is 2.92 bits per heavy atom. The number of aromatic nitrogens is 1. The van der Waals surface area contributed by atoms with Gasteiger partial charge in [-0.15, -0.1) is 11.3 Å². The molecule has 1 aromatic heterocycles. The Balaban J connectivity index is 1.68. The highest BCUT2D eigenvalue weighted by Gasteiger charge is 2.38. The van der Waals surface area contributed by atoms with Crippen LogP contribution in [0.3, 0.4) is 0 Å². The lowest BCUT2D eigenvalue weighted by molar-refractivity contribution is 0.0570. The Bertz CT molecular complexity index is 758. The first-order valence-electron chi connectivity index (χ1n) is 8.38. The first-order valence-corrected chi connectivity index (χ1v) is 9.20. The summed E-state index contributed by atoms with van der Waals surface area (Å²) in [5, 5.41) is 4.26. The van der Waals surface area contributed by atoms with Crippen LogP contribution in [-0.4, -0.2) is 41.5 Å². The van der Waals surface area contributed by atoms with Crippen LogP contribution in [0.2, 0.25) is 0 Å². The minimum absolute atomic E-state index is 0.0112. The third kappa shape index (κ3) is 2.74. The van der Waals surface area contributed by atoms with Gasteiger partial charge in [-0.25, -0.2) is 9.37 Å². The van der Waals surface area contributed by atoms with Gasteiger partial charge in [0.05, 0.1) is 9.88 Å². The number of carbonyl (C=O) groups is 1. The topological polar surface area (TPSA) is 45.2 Å². The zero-order valence-electron chi connectivity index (χ0n) is 13.6. The minimum atomic E-state index is -0.274. The van der Waals surface area contributed by atoms with Gasteiger partial charge in [0, 0.05) is 25.7 Å². The van der Waals surface area contributed by atoms with Crippen LogP contribution >= 0.6 is 11.3 Å². The fraction of sp³-hybridized carbons (Fsp3) is 0.444. The van der Waals surface area contributed by atoms with Crippen LogP contribution in [0.5, 0.6) is 0 Å². The summed E-state index contributed by atoms with van der Waals surface area (Å²) in [4.78, 5) is 20.5. The molecule has 1 aromatic carbocycles. The van der Waals surface area contributed by atoms with Crippen molar-refractivity contribution in [3.8, 4) is 10.4 Å². The van der Waals surface area contributed by atoms with Gasteiger partial charge < -0.3 is 10.2 Å². The molecule has 0 saturated carbocycles. The molecule has 0 spiro atoms. The molecule has 1 N–H and O–H groups in total. The molecular formula is C18H20FN3OS. The summed E-state index contributed by atoms with van der Waals surface area (Å²) in [5.41, 5.74) is 1.36. The molecule has 0 bridgehead atoms. The van der Waals surface area contributed by atoms with E-state index in [0.29, 0.717) is 11.6 Å². The maximum Gasteiger partial charge on any atom is 0.274 e. The van der Waals surface area contributed by atoms with E-state index >= 15 is 0 Å². The number of likely N-dealkylation sites (tertiary alicyclic amines) is 1. The second-order valence-electron chi connectivity index (χ2n) is 6.54. The maximum absolute atomic E-state index is 13.2. The van der Waals surface area contributed by atoms with Gasteiger partial charge in [0.25, 0.3) is 5.91 Å². The van der Waals surface area contributed by atoms with Crippen LogP contribution in [-0.2, 0) is 0 Å². The third-order valence-electron chi connectivity index (χ3n) is 4.98. The van der Waals surface area contributed by atoms with E-state index in [-0.39, 0.29) is 17.8 Å². The summed E-state index contributed by atoms with van der Waals surface area (Å²) in [6, 6.07) is 6.56. The Labute approximate surface area is 144 Å². The fourth-order valence-corrected chi connectivity index (χ4v) is 4.74. The van der Waals surface area contributed by atoms with Crippen molar-refractivity contribution in [2.45, 2.75) is 25.8 Å². The number of nitrogens with zero attached hydrogens (tertiary/aromatic N) is 2. The number of carbonyl (C=O) groups excluding carboxylic acids is 1. The maximum atomic E-state index is 13.2. The van der Waals surface area contributed by atoms with Gasteiger partial charge in [-0.1, -0.05) is 12.1 Å². The van der Waals surface area contributed by atoms with Crippen molar-refractivity contribution in [1.82, 2.24) is 15.2 Å². The molecule has 2 aliphatic heterocycles. The lowest BCUT2D eigenvalue weighted by atomic mass is 9.91.